The van der Waals surface area contributed by atoms with Gasteiger partial charge in [0.05, 0.1) is 13.2 Å². The van der Waals surface area contributed by atoms with Crippen molar-refractivity contribution in [1.82, 2.24) is 0 Å². The lowest BCUT2D eigenvalue weighted by atomic mass is 9.80. The van der Waals surface area contributed by atoms with Gasteiger partial charge in [-0.15, -0.1) is 0 Å². The van der Waals surface area contributed by atoms with Crippen molar-refractivity contribution in [3.05, 3.63) is 0 Å². The minimum atomic E-state index is -0.00556. The van der Waals surface area contributed by atoms with E-state index in [1.165, 1.54) is 6.42 Å². The maximum Gasteiger partial charge on any atom is 0.163 e. The second-order valence-electron chi connectivity index (χ2n) is 4.37. The van der Waals surface area contributed by atoms with Crippen LogP contribution in [0.1, 0.15) is 39.5 Å². The zero-order valence-electron chi connectivity index (χ0n) is 9.42. The highest BCUT2D eigenvalue weighted by molar-refractivity contribution is 4.80. The van der Waals surface area contributed by atoms with Gasteiger partial charge in [-0.25, -0.2) is 0 Å². The van der Waals surface area contributed by atoms with E-state index in [2.05, 4.69) is 13.8 Å². The standard InChI is InChI=1S/C11H23NO2/c1-3-5-11(2,6-4-7-12)10-13-8-9-14-10/h10H,3-9,12H2,1-2H3/t11-/m1/s1. The predicted octanol–water partition coefficient (Wildman–Crippen LogP) is 1.90. The SMILES string of the molecule is CCC[C@](C)(CCCN)C1OCCO1. The van der Waals surface area contributed by atoms with Crippen molar-refractivity contribution in [2.45, 2.75) is 45.8 Å². The first-order valence-corrected chi connectivity index (χ1v) is 5.66. The van der Waals surface area contributed by atoms with Crippen LogP contribution in [0.5, 0.6) is 0 Å². The van der Waals surface area contributed by atoms with Crippen LogP contribution in [0.4, 0.5) is 0 Å². The third kappa shape index (κ3) is 2.94. The molecule has 0 saturated carbocycles. The molecular weight excluding hydrogens is 178 g/mol. The summed E-state index contributed by atoms with van der Waals surface area (Å²) in [4.78, 5) is 0. The highest BCUT2D eigenvalue weighted by atomic mass is 16.7. The summed E-state index contributed by atoms with van der Waals surface area (Å²) >= 11 is 0. The van der Waals surface area contributed by atoms with Crippen LogP contribution in [0.3, 0.4) is 0 Å². The van der Waals surface area contributed by atoms with E-state index in [9.17, 15) is 0 Å². The van der Waals surface area contributed by atoms with E-state index in [1.807, 2.05) is 0 Å². The Bertz CT molecular complexity index is 157. The third-order valence-electron chi connectivity index (χ3n) is 2.96. The molecule has 1 aliphatic heterocycles. The summed E-state index contributed by atoms with van der Waals surface area (Å²) in [5, 5.41) is 0. The molecule has 0 aromatic heterocycles. The summed E-state index contributed by atoms with van der Waals surface area (Å²) < 4.78 is 11.2. The van der Waals surface area contributed by atoms with E-state index in [1.54, 1.807) is 0 Å². The smallest absolute Gasteiger partial charge is 0.163 e. The van der Waals surface area contributed by atoms with Crippen molar-refractivity contribution in [3.63, 3.8) is 0 Å². The Morgan fingerprint density at radius 1 is 1.29 bits per heavy atom. The molecule has 1 atom stereocenters. The summed E-state index contributed by atoms with van der Waals surface area (Å²) in [6.07, 6.45) is 4.47. The molecule has 0 radical (unpaired) electrons. The van der Waals surface area contributed by atoms with Crippen LogP contribution < -0.4 is 5.73 Å². The van der Waals surface area contributed by atoms with Crippen LogP contribution in [-0.2, 0) is 9.47 Å². The van der Waals surface area contributed by atoms with E-state index in [0.717, 1.165) is 39.0 Å². The fourth-order valence-corrected chi connectivity index (χ4v) is 2.20. The van der Waals surface area contributed by atoms with Gasteiger partial charge in [-0.3, -0.25) is 0 Å². The highest BCUT2D eigenvalue weighted by Gasteiger charge is 2.36. The monoisotopic (exact) mass is 201 g/mol. The molecule has 2 N–H and O–H groups in total. The topological polar surface area (TPSA) is 44.5 Å². The maximum atomic E-state index is 5.60. The van der Waals surface area contributed by atoms with E-state index < -0.39 is 0 Å². The van der Waals surface area contributed by atoms with Gasteiger partial charge in [0.2, 0.25) is 0 Å². The molecule has 84 valence electrons. The lowest BCUT2D eigenvalue weighted by molar-refractivity contribution is -0.133. The highest BCUT2D eigenvalue weighted by Crippen LogP contribution is 2.36. The predicted molar refractivity (Wildman–Crippen MR) is 57.0 cm³/mol. The fraction of sp³-hybridized carbons (Fsp3) is 1.00. The number of hydrogen-bond donors (Lipinski definition) is 1. The molecule has 0 spiro atoms. The van der Waals surface area contributed by atoms with E-state index >= 15 is 0 Å². The average molecular weight is 201 g/mol. The summed E-state index contributed by atoms with van der Waals surface area (Å²) in [5.74, 6) is 0. The molecule has 1 fully saturated rings. The second-order valence-corrected chi connectivity index (χ2v) is 4.37. The third-order valence-corrected chi connectivity index (χ3v) is 2.96. The van der Waals surface area contributed by atoms with Crippen LogP contribution in [-0.4, -0.2) is 26.0 Å². The lowest BCUT2D eigenvalue weighted by Crippen LogP contribution is -2.33. The first-order chi connectivity index (χ1) is 6.73. The van der Waals surface area contributed by atoms with Crippen LogP contribution >= 0.6 is 0 Å². The number of rotatable bonds is 6. The summed E-state index contributed by atoms with van der Waals surface area (Å²) in [6.45, 7) is 6.70. The molecule has 1 rings (SSSR count). The Kier molecular flexibility index (Phi) is 4.85. The molecular formula is C11H23NO2. The van der Waals surface area contributed by atoms with Gasteiger partial charge in [-0.05, 0) is 25.8 Å². The quantitative estimate of drug-likeness (QED) is 0.714. The fourth-order valence-electron chi connectivity index (χ4n) is 2.20. The van der Waals surface area contributed by atoms with E-state index in [4.69, 9.17) is 15.2 Å². The van der Waals surface area contributed by atoms with Gasteiger partial charge in [-0.2, -0.15) is 0 Å². The Hall–Kier alpha value is -0.120. The molecule has 0 aliphatic carbocycles. The van der Waals surface area contributed by atoms with Crippen molar-refractivity contribution < 1.29 is 9.47 Å². The first-order valence-electron chi connectivity index (χ1n) is 5.66. The first kappa shape index (κ1) is 12.0. The van der Waals surface area contributed by atoms with E-state index in [-0.39, 0.29) is 11.7 Å². The minimum absolute atomic E-state index is 0.00556. The molecule has 0 amide bonds. The zero-order valence-corrected chi connectivity index (χ0v) is 9.42. The van der Waals surface area contributed by atoms with Gasteiger partial charge in [0.25, 0.3) is 0 Å². The van der Waals surface area contributed by atoms with E-state index in [0.29, 0.717) is 0 Å². The second kappa shape index (κ2) is 5.69. The van der Waals surface area contributed by atoms with Gasteiger partial charge in [0.15, 0.2) is 6.29 Å². The molecule has 14 heavy (non-hydrogen) atoms. The largest absolute Gasteiger partial charge is 0.350 e. The average Bonchev–Trinajstić information content (AvgIpc) is 2.68. The molecule has 0 unspecified atom stereocenters. The Morgan fingerprint density at radius 2 is 1.93 bits per heavy atom. The zero-order chi connectivity index (χ0) is 10.4. The molecule has 0 aromatic carbocycles. The Labute approximate surface area is 86.9 Å². The van der Waals surface area contributed by atoms with Crippen molar-refractivity contribution >= 4 is 0 Å². The van der Waals surface area contributed by atoms with Gasteiger partial charge >= 0.3 is 0 Å². The van der Waals surface area contributed by atoms with Crippen molar-refractivity contribution in [2.24, 2.45) is 11.1 Å². The van der Waals surface area contributed by atoms with Crippen molar-refractivity contribution in [1.29, 1.82) is 0 Å². The molecule has 0 aromatic rings. The lowest BCUT2D eigenvalue weighted by Gasteiger charge is -2.33. The number of ether oxygens (including phenoxy) is 2. The Balaban J connectivity index is 2.49. The van der Waals surface area contributed by atoms with Crippen LogP contribution in [0.15, 0.2) is 0 Å². The molecule has 0 bridgehead atoms. The normalized spacial score (nSPS) is 22.5. The van der Waals surface area contributed by atoms with Gasteiger partial charge in [-0.1, -0.05) is 20.3 Å². The minimum Gasteiger partial charge on any atom is -0.350 e. The summed E-state index contributed by atoms with van der Waals surface area (Å²) in [5.41, 5.74) is 5.71. The van der Waals surface area contributed by atoms with Gasteiger partial charge in [0.1, 0.15) is 0 Å². The van der Waals surface area contributed by atoms with Crippen molar-refractivity contribution in [2.75, 3.05) is 19.8 Å². The maximum absolute atomic E-state index is 5.60. The van der Waals surface area contributed by atoms with Gasteiger partial charge in [0, 0.05) is 5.41 Å². The molecule has 1 heterocycles. The summed E-state index contributed by atoms with van der Waals surface area (Å²) in [6, 6.07) is 0. The van der Waals surface area contributed by atoms with Crippen LogP contribution in [0.2, 0.25) is 0 Å². The molecule has 3 heteroatoms. The molecule has 1 aliphatic rings. The number of nitrogens with two attached hydrogens (primary N) is 1. The van der Waals surface area contributed by atoms with Gasteiger partial charge < -0.3 is 15.2 Å². The summed E-state index contributed by atoms with van der Waals surface area (Å²) in [7, 11) is 0. The van der Waals surface area contributed by atoms with Crippen molar-refractivity contribution in [3.8, 4) is 0 Å². The van der Waals surface area contributed by atoms with Crippen LogP contribution in [0, 0.1) is 5.41 Å². The Morgan fingerprint density at radius 3 is 2.43 bits per heavy atom. The molecule has 1 saturated heterocycles. The van der Waals surface area contributed by atoms with Crippen LogP contribution in [0.25, 0.3) is 0 Å². The molecule has 3 nitrogen and oxygen atoms in total. The number of hydrogen-bond acceptors (Lipinski definition) is 3.